The summed E-state index contributed by atoms with van der Waals surface area (Å²) in [6.45, 7) is 4.47. The van der Waals surface area contributed by atoms with Crippen LogP contribution in [0.5, 0.6) is 0 Å². The molecule has 68 valence electrons. The van der Waals surface area contributed by atoms with Gasteiger partial charge in [0.05, 0.1) is 0 Å². The molecule has 0 aliphatic heterocycles. The van der Waals surface area contributed by atoms with Crippen molar-refractivity contribution in [2.24, 2.45) is 0 Å². The molecule has 12 heavy (non-hydrogen) atoms. The number of unbranched alkanes of at least 4 members (excludes halogenated alkanes) is 1. The largest absolute Gasteiger partial charge is 0.367 e. The lowest BCUT2D eigenvalue weighted by Crippen LogP contribution is -1.88. The Balaban J connectivity index is 2.51. The topological polar surface area (TPSA) is 15.8 Å². The number of hydrogen-bond acceptors (Lipinski definition) is 0. The lowest BCUT2D eigenvalue weighted by Gasteiger charge is -2.00. The van der Waals surface area contributed by atoms with Crippen LogP contribution in [0.3, 0.4) is 0 Å². The van der Waals surface area contributed by atoms with Crippen LogP contribution in [-0.4, -0.2) is 4.98 Å². The molecule has 1 N–H and O–H groups in total. The molecule has 0 aliphatic carbocycles. The molecule has 0 atom stereocenters. The minimum Gasteiger partial charge on any atom is -0.367 e. The first-order valence-electron chi connectivity index (χ1n) is 5.03. The average molecular weight is 165 g/mol. The van der Waals surface area contributed by atoms with Gasteiger partial charge >= 0.3 is 0 Å². The van der Waals surface area contributed by atoms with Crippen LogP contribution in [0, 0.1) is 0 Å². The van der Waals surface area contributed by atoms with E-state index < -0.39 is 0 Å². The third-order valence-electron chi connectivity index (χ3n) is 2.25. The van der Waals surface area contributed by atoms with Crippen molar-refractivity contribution in [3.63, 3.8) is 0 Å². The first-order valence-corrected chi connectivity index (χ1v) is 5.03. The van der Waals surface area contributed by atoms with Gasteiger partial charge in [-0.1, -0.05) is 26.7 Å². The highest BCUT2D eigenvalue weighted by atomic mass is 14.6. The Labute approximate surface area is 75.2 Å². The van der Waals surface area contributed by atoms with E-state index in [1.165, 1.54) is 43.2 Å². The van der Waals surface area contributed by atoms with Crippen molar-refractivity contribution in [1.82, 2.24) is 4.98 Å². The molecule has 1 rings (SSSR count). The summed E-state index contributed by atoms with van der Waals surface area (Å²) >= 11 is 0. The Kier molecular flexibility index (Phi) is 3.92. The average Bonchev–Trinajstić information content (AvgIpc) is 2.50. The number of nitrogens with one attached hydrogen (secondary N) is 1. The number of H-pyrrole nitrogens is 1. The molecule has 1 aromatic rings. The summed E-state index contributed by atoms with van der Waals surface area (Å²) in [6.07, 6.45) is 10.6. The predicted octanol–water partition coefficient (Wildman–Crippen LogP) is 3.31. The van der Waals surface area contributed by atoms with Gasteiger partial charge in [-0.25, -0.2) is 0 Å². The quantitative estimate of drug-likeness (QED) is 0.689. The second kappa shape index (κ2) is 5.02. The minimum atomic E-state index is 1.22. The van der Waals surface area contributed by atoms with Gasteiger partial charge < -0.3 is 4.98 Å². The molecular weight excluding hydrogens is 146 g/mol. The molecule has 0 aliphatic rings. The van der Waals surface area contributed by atoms with E-state index in [1.54, 1.807) is 0 Å². The Hall–Kier alpha value is -0.720. The van der Waals surface area contributed by atoms with E-state index in [1.807, 2.05) is 0 Å². The Bertz CT molecular complexity index is 213. The summed E-state index contributed by atoms with van der Waals surface area (Å²) in [5, 5.41) is 0. The van der Waals surface area contributed by atoms with Crippen molar-refractivity contribution >= 4 is 0 Å². The van der Waals surface area contributed by atoms with Crippen LogP contribution in [0.15, 0.2) is 12.4 Å². The fourth-order valence-electron chi connectivity index (χ4n) is 1.53. The summed E-state index contributed by atoms with van der Waals surface area (Å²) in [5.41, 5.74) is 3.05. The third-order valence-corrected chi connectivity index (χ3v) is 2.25. The van der Waals surface area contributed by atoms with Gasteiger partial charge in [-0.3, -0.25) is 0 Å². The Morgan fingerprint density at radius 3 is 2.25 bits per heavy atom. The smallest absolute Gasteiger partial charge is 0.00401 e. The molecule has 0 amide bonds. The molecule has 1 heteroatoms. The van der Waals surface area contributed by atoms with E-state index in [-0.39, 0.29) is 0 Å². The Morgan fingerprint density at radius 1 is 1.00 bits per heavy atom. The fraction of sp³-hybridized carbons (Fsp3) is 0.636. The third kappa shape index (κ3) is 2.40. The van der Waals surface area contributed by atoms with Gasteiger partial charge in [0.25, 0.3) is 0 Å². The van der Waals surface area contributed by atoms with E-state index in [0.717, 1.165) is 0 Å². The van der Waals surface area contributed by atoms with Crippen LogP contribution in [0.2, 0.25) is 0 Å². The number of aryl methyl sites for hydroxylation is 2. The van der Waals surface area contributed by atoms with Crippen molar-refractivity contribution in [2.75, 3.05) is 0 Å². The van der Waals surface area contributed by atoms with Crippen molar-refractivity contribution < 1.29 is 0 Å². The molecule has 0 spiro atoms. The molecule has 0 aromatic carbocycles. The van der Waals surface area contributed by atoms with Gasteiger partial charge in [0.1, 0.15) is 0 Å². The van der Waals surface area contributed by atoms with Crippen LogP contribution in [-0.2, 0) is 12.8 Å². The highest BCUT2D eigenvalue weighted by Gasteiger charge is 2.00. The van der Waals surface area contributed by atoms with E-state index in [9.17, 15) is 0 Å². The van der Waals surface area contributed by atoms with Gasteiger partial charge in [0.15, 0.2) is 0 Å². The molecule has 0 bridgehead atoms. The summed E-state index contributed by atoms with van der Waals surface area (Å²) < 4.78 is 0. The molecule has 0 radical (unpaired) electrons. The number of hydrogen-bond donors (Lipinski definition) is 1. The molecule has 1 heterocycles. The minimum absolute atomic E-state index is 1.22. The van der Waals surface area contributed by atoms with Crippen LogP contribution >= 0.6 is 0 Å². The lowest BCUT2D eigenvalue weighted by atomic mass is 10.0. The van der Waals surface area contributed by atoms with E-state index in [4.69, 9.17) is 0 Å². The molecule has 1 nitrogen and oxygen atoms in total. The maximum absolute atomic E-state index is 3.19. The zero-order valence-electron chi connectivity index (χ0n) is 8.19. The second-order valence-electron chi connectivity index (χ2n) is 3.36. The van der Waals surface area contributed by atoms with E-state index >= 15 is 0 Å². The van der Waals surface area contributed by atoms with Gasteiger partial charge in [0, 0.05) is 12.4 Å². The first-order chi connectivity index (χ1) is 5.88. The molecular formula is C11H19N. The Morgan fingerprint density at radius 2 is 1.67 bits per heavy atom. The monoisotopic (exact) mass is 165 g/mol. The zero-order valence-corrected chi connectivity index (χ0v) is 8.19. The summed E-state index contributed by atoms with van der Waals surface area (Å²) in [7, 11) is 0. The maximum Gasteiger partial charge on any atom is 0.00401 e. The van der Waals surface area contributed by atoms with Crippen molar-refractivity contribution in [3.05, 3.63) is 23.5 Å². The normalized spacial score (nSPS) is 10.5. The predicted molar refractivity (Wildman–Crippen MR) is 53.4 cm³/mol. The van der Waals surface area contributed by atoms with Gasteiger partial charge in [-0.15, -0.1) is 0 Å². The molecule has 0 fully saturated rings. The highest BCUT2D eigenvalue weighted by Crippen LogP contribution is 2.13. The van der Waals surface area contributed by atoms with E-state index in [0.29, 0.717) is 0 Å². The summed E-state index contributed by atoms with van der Waals surface area (Å²) in [6, 6.07) is 0. The van der Waals surface area contributed by atoms with Gasteiger partial charge in [0.2, 0.25) is 0 Å². The number of aromatic amines is 1. The molecule has 1 aromatic heterocycles. The van der Waals surface area contributed by atoms with Crippen LogP contribution < -0.4 is 0 Å². The summed E-state index contributed by atoms with van der Waals surface area (Å²) in [4.78, 5) is 3.19. The highest BCUT2D eigenvalue weighted by molar-refractivity contribution is 5.23. The SMILES string of the molecule is CCCCc1c[nH]cc1CCC. The van der Waals surface area contributed by atoms with Crippen LogP contribution in [0.4, 0.5) is 0 Å². The van der Waals surface area contributed by atoms with Crippen molar-refractivity contribution in [2.45, 2.75) is 46.0 Å². The standard InChI is InChI=1S/C11H19N/c1-3-5-7-11-9-12-8-10(11)6-4-2/h8-9,12H,3-7H2,1-2H3. The fourth-order valence-corrected chi connectivity index (χ4v) is 1.53. The van der Waals surface area contributed by atoms with Crippen molar-refractivity contribution in [1.29, 1.82) is 0 Å². The van der Waals surface area contributed by atoms with Crippen LogP contribution in [0.25, 0.3) is 0 Å². The molecule has 0 saturated heterocycles. The van der Waals surface area contributed by atoms with Gasteiger partial charge in [-0.2, -0.15) is 0 Å². The zero-order chi connectivity index (χ0) is 8.81. The van der Waals surface area contributed by atoms with Crippen molar-refractivity contribution in [3.8, 4) is 0 Å². The lowest BCUT2D eigenvalue weighted by molar-refractivity contribution is 0.783. The molecule has 0 unspecified atom stereocenters. The van der Waals surface area contributed by atoms with Crippen LogP contribution in [0.1, 0.15) is 44.2 Å². The number of aromatic nitrogens is 1. The van der Waals surface area contributed by atoms with E-state index in [2.05, 4.69) is 31.2 Å². The van der Waals surface area contributed by atoms with Gasteiger partial charge in [-0.05, 0) is 30.4 Å². The second-order valence-corrected chi connectivity index (χ2v) is 3.36. The molecule has 0 saturated carbocycles. The summed E-state index contributed by atoms with van der Waals surface area (Å²) in [5.74, 6) is 0. The first kappa shape index (κ1) is 9.37. The number of rotatable bonds is 5. The maximum atomic E-state index is 3.19.